The molecule has 0 bridgehead atoms. The Morgan fingerprint density at radius 2 is 2.00 bits per heavy atom. The van der Waals surface area contributed by atoms with Crippen LogP contribution in [0.3, 0.4) is 0 Å². The number of rotatable bonds is 7. The van der Waals surface area contributed by atoms with Crippen LogP contribution in [0.1, 0.15) is 12.0 Å². The summed E-state index contributed by atoms with van der Waals surface area (Å²) >= 11 is 0. The summed E-state index contributed by atoms with van der Waals surface area (Å²) in [7, 11) is -0.129. The van der Waals surface area contributed by atoms with Crippen LogP contribution < -0.4 is 5.73 Å². The van der Waals surface area contributed by atoms with Gasteiger partial charge in [-0.3, -0.25) is 0 Å². The summed E-state index contributed by atoms with van der Waals surface area (Å²) in [5.41, 5.74) is 7.22. The summed E-state index contributed by atoms with van der Waals surface area (Å²) in [5, 5.41) is 0. The second-order valence-electron chi connectivity index (χ2n) is 4.12. The Bertz CT molecular complexity index is 474. The first-order valence-electron chi connectivity index (χ1n) is 5.73. The molecule has 1 rings (SSSR count). The number of hydrogen-bond acceptors (Lipinski definition) is 4. The summed E-state index contributed by atoms with van der Waals surface area (Å²) in [6, 6.07) is 7.26. The molecule has 0 unspecified atom stereocenters. The number of ether oxygens (including phenoxy) is 1. The van der Waals surface area contributed by atoms with Gasteiger partial charge in [0, 0.05) is 33.0 Å². The average molecular weight is 272 g/mol. The molecule has 0 aromatic heterocycles. The fraction of sp³-hybridized carbons (Fsp3) is 0.500. The molecule has 0 radical (unpaired) electrons. The van der Waals surface area contributed by atoms with Crippen molar-refractivity contribution in [1.82, 2.24) is 4.31 Å². The van der Waals surface area contributed by atoms with Crippen LogP contribution in [-0.4, -0.2) is 39.2 Å². The van der Waals surface area contributed by atoms with Gasteiger partial charge >= 0.3 is 0 Å². The fourth-order valence-electron chi connectivity index (χ4n) is 1.56. The van der Waals surface area contributed by atoms with Crippen molar-refractivity contribution in [3.63, 3.8) is 0 Å². The van der Waals surface area contributed by atoms with E-state index in [0.717, 1.165) is 5.56 Å². The van der Waals surface area contributed by atoms with E-state index >= 15 is 0 Å². The smallest absolute Gasteiger partial charge is 0.214 e. The average Bonchev–Trinajstić information content (AvgIpc) is 2.32. The highest BCUT2D eigenvalue weighted by molar-refractivity contribution is 7.89. The third-order valence-corrected chi connectivity index (χ3v) is 4.56. The van der Waals surface area contributed by atoms with Crippen molar-refractivity contribution in [2.75, 3.05) is 32.3 Å². The molecule has 0 aliphatic heterocycles. The number of nitrogen functional groups attached to an aromatic ring is 1. The molecule has 1 aromatic rings. The molecule has 6 heteroatoms. The van der Waals surface area contributed by atoms with Crippen molar-refractivity contribution < 1.29 is 13.2 Å². The highest BCUT2D eigenvalue weighted by Crippen LogP contribution is 2.14. The minimum absolute atomic E-state index is 0.0874. The van der Waals surface area contributed by atoms with Gasteiger partial charge in [0.1, 0.15) is 0 Å². The molecule has 0 atom stereocenters. The molecule has 0 aliphatic rings. The van der Waals surface area contributed by atoms with Gasteiger partial charge in [-0.25, -0.2) is 12.7 Å². The van der Waals surface area contributed by atoms with Crippen LogP contribution >= 0.6 is 0 Å². The van der Waals surface area contributed by atoms with E-state index in [1.54, 1.807) is 20.2 Å². The largest absolute Gasteiger partial charge is 0.398 e. The fourth-order valence-corrected chi connectivity index (χ4v) is 2.69. The van der Waals surface area contributed by atoms with Gasteiger partial charge in [-0.15, -0.1) is 0 Å². The lowest BCUT2D eigenvalue weighted by Gasteiger charge is -2.18. The van der Waals surface area contributed by atoms with E-state index in [4.69, 9.17) is 10.5 Å². The minimum atomic E-state index is -3.25. The molecule has 2 N–H and O–H groups in total. The number of nitrogens with zero attached hydrogens (tertiary/aromatic N) is 1. The number of methoxy groups -OCH3 is 1. The predicted octanol–water partition coefficient (Wildman–Crippen LogP) is 1.07. The van der Waals surface area contributed by atoms with Crippen LogP contribution in [0.2, 0.25) is 0 Å². The number of nitrogens with two attached hydrogens (primary N) is 1. The van der Waals surface area contributed by atoms with Crippen molar-refractivity contribution >= 4 is 15.7 Å². The Labute approximate surface area is 109 Å². The van der Waals surface area contributed by atoms with Gasteiger partial charge in [0.25, 0.3) is 0 Å². The van der Waals surface area contributed by atoms with Crippen LogP contribution in [0, 0.1) is 0 Å². The lowest BCUT2D eigenvalue weighted by molar-refractivity contribution is 0.199. The first kappa shape index (κ1) is 14.9. The third kappa shape index (κ3) is 4.29. The number of sulfonamides is 1. The maximum atomic E-state index is 12.0. The summed E-state index contributed by atoms with van der Waals surface area (Å²) < 4.78 is 30.1. The third-order valence-electron chi connectivity index (χ3n) is 2.67. The van der Waals surface area contributed by atoms with Crippen LogP contribution in [-0.2, 0) is 21.3 Å². The Balaban J connectivity index is 2.64. The molecule has 102 valence electrons. The van der Waals surface area contributed by atoms with Crippen molar-refractivity contribution in [3.8, 4) is 0 Å². The molecule has 0 aliphatic carbocycles. The molecule has 18 heavy (non-hydrogen) atoms. The first-order chi connectivity index (χ1) is 8.47. The molecule has 5 nitrogen and oxygen atoms in total. The van der Waals surface area contributed by atoms with Gasteiger partial charge < -0.3 is 10.5 Å². The maximum Gasteiger partial charge on any atom is 0.214 e. The van der Waals surface area contributed by atoms with E-state index in [9.17, 15) is 8.42 Å². The van der Waals surface area contributed by atoms with Crippen LogP contribution in [0.4, 0.5) is 5.69 Å². The van der Waals surface area contributed by atoms with E-state index in [0.29, 0.717) is 25.3 Å². The quantitative estimate of drug-likeness (QED) is 0.595. The SMILES string of the molecule is COCCCS(=O)(=O)N(C)Cc1ccccc1N. The molecule has 0 fully saturated rings. The van der Waals surface area contributed by atoms with Crippen LogP contribution in [0.15, 0.2) is 24.3 Å². The van der Waals surface area contributed by atoms with Gasteiger partial charge in [-0.05, 0) is 18.1 Å². The minimum Gasteiger partial charge on any atom is -0.398 e. The standard InChI is InChI=1S/C12H20N2O3S/c1-14(18(15,16)9-5-8-17-2)10-11-6-3-4-7-12(11)13/h3-4,6-7H,5,8-10,13H2,1-2H3. The summed E-state index contributed by atoms with van der Waals surface area (Å²) in [5.74, 6) is 0.0874. The molecule has 0 spiro atoms. The second kappa shape index (κ2) is 6.72. The molecule has 0 heterocycles. The topological polar surface area (TPSA) is 72.6 Å². The van der Waals surface area contributed by atoms with Crippen molar-refractivity contribution in [3.05, 3.63) is 29.8 Å². The molecule has 0 saturated carbocycles. The molecular formula is C12H20N2O3S. The zero-order chi connectivity index (χ0) is 13.6. The number of para-hydroxylation sites is 1. The van der Waals surface area contributed by atoms with E-state index in [2.05, 4.69) is 0 Å². The van der Waals surface area contributed by atoms with E-state index in [1.807, 2.05) is 18.2 Å². The van der Waals surface area contributed by atoms with Crippen LogP contribution in [0.25, 0.3) is 0 Å². The lowest BCUT2D eigenvalue weighted by atomic mass is 10.2. The Morgan fingerprint density at radius 1 is 1.33 bits per heavy atom. The van der Waals surface area contributed by atoms with Crippen molar-refractivity contribution in [2.24, 2.45) is 0 Å². The van der Waals surface area contributed by atoms with Crippen molar-refractivity contribution in [1.29, 1.82) is 0 Å². The molecule has 0 amide bonds. The van der Waals surface area contributed by atoms with Gasteiger partial charge in [0.15, 0.2) is 0 Å². The number of hydrogen-bond donors (Lipinski definition) is 1. The Kier molecular flexibility index (Phi) is 5.58. The second-order valence-corrected chi connectivity index (χ2v) is 6.31. The monoisotopic (exact) mass is 272 g/mol. The number of benzene rings is 1. The molecule has 0 saturated heterocycles. The zero-order valence-corrected chi connectivity index (χ0v) is 11.6. The summed E-state index contributed by atoms with van der Waals surface area (Å²) in [6.45, 7) is 0.739. The Morgan fingerprint density at radius 3 is 2.61 bits per heavy atom. The molecular weight excluding hydrogens is 252 g/mol. The first-order valence-corrected chi connectivity index (χ1v) is 7.34. The number of anilines is 1. The highest BCUT2D eigenvalue weighted by atomic mass is 32.2. The summed E-state index contributed by atoms with van der Waals surface area (Å²) in [6.07, 6.45) is 0.493. The maximum absolute atomic E-state index is 12.0. The molecule has 1 aromatic carbocycles. The van der Waals surface area contributed by atoms with Crippen molar-refractivity contribution in [2.45, 2.75) is 13.0 Å². The highest BCUT2D eigenvalue weighted by Gasteiger charge is 2.18. The zero-order valence-electron chi connectivity index (χ0n) is 10.8. The van der Waals surface area contributed by atoms with Crippen LogP contribution in [0.5, 0.6) is 0 Å². The van der Waals surface area contributed by atoms with Gasteiger partial charge in [-0.2, -0.15) is 0 Å². The van der Waals surface area contributed by atoms with E-state index in [1.165, 1.54) is 4.31 Å². The lowest BCUT2D eigenvalue weighted by Crippen LogP contribution is -2.29. The summed E-state index contributed by atoms with van der Waals surface area (Å²) in [4.78, 5) is 0. The Hall–Kier alpha value is -1.11. The van der Waals surface area contributed by atoms with Gasteiger partial charge in [-0.1, -0.05) is 18.2 Å². The predicted molar refractivity (Wildman–Crippen MR) is 72.6 cm³/mol. The normalized spacial score (nSPS) is 11.9. The van der Waals surface area contributed by atoms with Gasteiger partial charge in [0.2, 0.25) is 10.0 Å². The van der Waals surface area contributed by atoms with E-state index < -0.39 is 10.0 Å². The van der Waals surface area contributed by atoms with E-state index in [-0.39, 0.29) is 5.75 Å². The van der Waals surface area contributed by atoms with Gasteiger partial charge in [0.05, 0.1) is 5.75 Å².